The first kappa shape index (κ1) is 17.5. The summed E-state index contributed by atoms with van der Waals surface area (Å²) in [7, 11) is -3.23. The zero-order chi connectivity index (χ0) is 17.0. The molecule has 0 saturated heterocycles. The molecule has 1 heterocycles. The van der Waals surface area contributed by atoms with Crippen LogP contribution in [0.15, 0.2) is 34.7 Å². The minimum absolute atomic E-state index is 0.101. The molecule has 0 unspecified atom stereocenters. The molecule has 0 radical (unpaired) electrons. The predicted molar refractivity (Wildman–Crippen MR) is 89.9 cm³/mol. The van der Waals surface area contributed by atoms with E-state index in [0.717, 1.165) is 5.39 Å². The number of carbonyl (C=O) groups is 1. The predicted octanol–water partition coefficient (Wildman–Crippen LogP) is 2.22. The van der Waals surface area contributed by atoms with Gasteiger partial charge >= 0.3 is 0 Å². The van der Waals surface area contributed by atoms with Crippen molar-refractivity contribution < 1.29 is 17.6 Å². The molecule has 2 rings (SSSR count). The molecule has 0 saturated carbocycles. The molecule has 0 aliphatic rings. The topological polar surface area (TPSA) is 79.6 Å². The lowest BCUT2D eigenvalue weighted by molar-refractivity contribution is 0.0927. The Morgan fingerprint density at radius 3 is 2.61 bits per heavy atom. The Kier molecular flexibility index (Phi) is 5.43. The van der Waals surface area contributed by atoms with Gasteiger partial charge in [-0.25, -0.2) is 8.42 Å². The summed E-state index contributed by atoms with van der Waals surface area (Å²) in [5.41, 5.74) is 0.667. The van der Waals surface area contributed by atoms with Crippen LogP contribution >= 0.6 is 0 Å². The number of hydrogen-bond donors (Lipinski definition) is 1. The van der Waals surface area contributed by atoms with E-state index in [2.05, 4.69) is 5.32 Å². The van der Waals surface area contributed by atoms with Crippen molar-refractivity contribution >= 4 is 26.9 Å². The highest BCUT2D eigenvalue weighted by molar-refractivity contribution is 7.88. The number of fused-ring (bicyclic) bond motifs is 1. The molecular formula is C16H22N2O4S. The number of benzene rings is 1. The SMILES string of the molecule is CC(C)N(CCCNC(=O)c1cc2ccccc2o1)S(C)(=O)=O. The van der Waals surface area contributed by atoms with E-state index in [9.17, 15) is 13.2 Å². The van der Waals surface area contributed by atoms with Gasteiger partial charge in [0.05, 0.1) is 6.26 Å². The number of nitrogens with zero attached hydrogens (tertiary/aromatic N) is 1. The molecule has 0 spiro atoms. The molecule has 1 N–H and O–H groups in total. The quantitative estimate of drug-likeness (QED) is 0.785. The fraction of sp³-hybridized carbons (Fsp3) is 0.438. The summed E-state index contributed by atoms with van der Waals surface area (Å²) in [6, 6.07) is 9.00. The van der Waals surface area contributed by atoms with Gasteiger partial charge in [0.2, 0.25) is 10.0 Å². The zero-order valence-electron chi connectivity index (χ0n) is 13.6. The lowest BCUT2D eigenvalue weighted by atomic mass is 10.2. The highest BCUT2D eigenvalue weighted by Gasteiger charge is 2.19. The number of nitrogens with one attached hydrogen (secondary N) is 1. The van der Waals surface area contributed by atoms with Crippen molar-refractivity contribution in [2.75, 3.05) is 19.3 Å². The van der Waals surface area contributed by atoms with Crippen LogP contribution in [0.25, 0.3) is 11.0 Å². The minimum atomic E-state index is -3.23. The Morgan fingerprint density at radius 2 is 2.00 bits per heavy atom. The normalized spacial score (nSPS) is 12.2. The molecule has 7 heteroatoms. The Hall–Kier alpha value is -1.86. The molecule has 126 valence electrons. The van der Waals surface area contributed by atoms with E-state index in [1.165, 1.54) is 10.6 Å². The summed E-state index contributed by atoms with van der Waals surface area (Å²) < 4.78 is 30.2. The van der Waals surface area contributed by atoms with E-state index in [1.807, 2.05) is 32.0 Å². The van der Waals surface area contributed by atoms with Gasteiger partial charge in [0, 0.05) is 24.5 Å². The van der Waals surface area contributed by atoms with Gasteiger partial charge in [0.1, 0.15) is 5.58 Å². The Bertz CT molecular complexity index is 747. The van der Waals surface area contributed by atoms with Crippen molar-refractivity contribution in [2.45, 2.75) is 26.3 Å². The first-order chi connectivity index (χ1) is 10.8. The monoisotopic (exact) mass is 338 g/mol. The third kappa shape index (κ3) is 4.56. The molecule has 0 aliphatic heterocycles. The molecule has 0 atom stereocenters. The summed E-state index contributed by atoms with van der Waals surface area (Å²) in [5.74, 6) is -0.0355. The summed E-state index contributed by atoms with van der Waals surface area (Å²) in [5, 5.41) is 3.63. The van der Waals surface area contributed by atoms with E-state index in [0.29, 0.717) is 25.1 Å². The Balaban J connectivity index is 1.87. The van der Waals surface area contributed by atoms with Gasteiger partial charge in [0.25, 0.3) is 5.91 Å². The van der Waals surface area contributed by atoms with Crippen molar-refractivity contribution in [1.82, 2.24) is 9.62 Å². The first-order valence-corrected chi connectivity index (χ1v) is 9.37. The van der Waals surface area contributed by atoms with Crippen LogP contribution in [0, 0.1) is 0 Å². The summed E-state index contributed by atoms with van der Waals surface area (Å²) >= 11 is 0. The van der Waals surface area contributed by atoms with Crippen molar-refractivity contribution in [1.29, 1.82) is 0 Å². The molecule has 0 aliphatic carbocycles. The van der Waals surface area contributed by atoms with E-state index < -0.39 is 10.0 Å². The lowest BCUT2D eigenvalue weighted by Gasteiger charge is -2.23. The molecule has 1 aromatic carbocycles. The standard InChI is InChI=1S/C16H22N2O4S/c1-12(2)18(23(3,20)21)10-6-9-17-16(19)15-11-13-7-4-5-8-14(13)22-15/h4-5,7-8,11-12H,6,9-10H2,1-3H3,(H,17,19). The Labute approximate surface area is 136 Å². The number of para-hydroxylation sites is 1. The van der Waals surface area contributed by atoms with Gasteiger partial charge in [-0.2, -0.15) is 4.31 Å². The molecule has 0 fully saturated rings. The molecule has 1 amide bonds. The van der Waals surface area contributed by atoms with Crippen LogP contribution in [-0.2, 0) is 10.0 Å². The van der Waals surface area contributed by atoms with Gasteiger partial charge in [-0.05, 0) is 32.4 Å². The van der Waals surface area contributed by atoms with E-state index in [1.54, 1.807) is 12.1 Å². The van der Waals surface area contributed by atoms with Crippen molar-refractivity contribution in [3.8, 4) is 0 Å². The molecule has 1 aromatic heterocycles. The van der Waals surface area contributed by atoms with Crippen LogP contribution < -0.4 is 5.32 Å². The Morgan fingerprint density at radius 1 is 1.30 bits per heavy atom. The largest absolute Gasteiger partial charge is 0.451 e. The number of hydrogen-bond acceptors (Lipinski definition) is 4. The van der Waals surface area contributed by atoms with Crippen LogP contribution in [-0.4, -0.2) is 44.0 Å². The van der Waals surface area contributed by atoms with Crippen molar-refractivity contribution in [2.24, 2.45) is 0 Å². The number of rotatable bonds is 7. The van der Waals surface area contributed by atoms with Crippen LogP contribution in [0.1, 0.15) is 30.8 Å². The second-order valence-corrected chi connectivity index (χ2v) is 7.66. The highest BCUT2D eigenvalue weighted by atomic mass is 32.2. The van der Waals surface area contributed by atoms with Gasteiger partial charge in [-0.3, -0.25) is 4.79 Å². The van der Waals surface area contributed by atoms with E-state index in [4.69, 9.17) is 4.42 Å². The summed E-state index contributed by atoms with van der Waals surface area (Å²) in [6.45, 7) is 4.41. The van der Waals surface area contributed by atoms with Crippen molar-refractivity contribution in [3.63, 3.8) is 0 Å². The van der Waals surface area contributed by atoms with Gasteiger partial charge in [-0.15, -0.1) is 0 Å². The highest BCUT2D eigenvalue weighted by Crippen LogP contribution is 2.18. The third-order valence-corrected chi connectivity index (χ3v) is 4.95. The van der Waals surface area contributed by atoms with Crippen LogP contribution in [0.5, 0.6) is 0 Å². The number of amides is 1. The molecule has 23 heavy (non-hydrogen) atoms. The maximum atomic E-state index is 12.1. The fourth-order valence-corrected chi connectivity index (χ4v) is 3.65. The maximum Gasteiger partial charge on any atom is 0.287 e. The molecular weight excluding hydrogens is 316 g/mol. The molecule has 6 nitrogen and oxygen atoms in total. The third-order valence-electron chi connectivity index (χ3n) is 3.49. The van der Waals surface area contributed by atoms with Crippen LogP contribution in [0.2, 0.25) is 0 Å². The molecule has 0 bridgehead atoms. The smallest absolute Gasteiger partial charge is 0.287 e. The first-order valence-electron chi connectivity index (χ1n) is 7.52. The summed E-state index contributed by atoms with van der Waals surface area (Å²) in [4.78, 5) is 12.1. The molecule has 2 aromatic rings. The average Bonchev–Trinajstić information content (AvgIpc) is 2.88. The fourth-order valence-electron chi connectivity index (χ4n) is 2.42. The number of carbonyl (C=O) groups excluding carboxylic acids is 1. The van der Waals surface area contributed by atoms with Gasteiger partial charge < -0.3 is 9.73 Å². The lowest BCUT2D eigenvalue weighted by Crippen LogP contribution is -2.38. The maximum absolute atomic E-state index is 12.1. The van der Waals surface area contributed by atoms with Gasteiger partial charge in [0.15, 0.2) is 5.76 Å². The van der Waals surface area contributed by atoms with Crippen LogP contribution in [0.4, 0.5) is 0 Å². The second kappa shape index (κ2) is 7.14. The van der Waals surface area contributed by atoms with Crippen LogP contribution in [0.3, 0.4) is 0 Å². The average molecular weight is 338 g/mol. The van der Waals surface area contributed by atoms with E-state index >= 15 is 0 Å². The minimum Gasteiger partial charge on any atom is -0.451 e. The number of sulfonamides is 1. The zero-order valence-corrected chi connectivity index (χ0v) is 14.4. The van der Waals surface area contributed by atoms with E-state index in [-0.39, 0.29) is 17.7 Å². The number of furan rings is 1. The second-order valence-electron chi connectivity index (χ2n) is 5.73. The summed E-state index contributed by atoms with van der Waals surface area (Å²) in [6.07, 6.45) is 1.73. The van der Waals surface area contributed by atoms with Gasteiger partial charge in [-0.1, -0.05) is 18.2 Å². The van der Waals surface area contributed by atoms with Crippen molar-refractivity contribution in [3.05, 3.63) is 36.1 Å².